The molecule has 0 aliphatic rings. The average Bonchev–Trinajstić information content (AvgIpc) is 2.63. The number of aryl methyl sites for hydroxylation is 1. The summed E-state index contributed by atoms with van der Waals surface area (Å²) in [6, 6.07) is 29.4. The molecule has 24 heavy (non-hydrogen) atoms. The minimum absolute atomic E-state index is 1.03. The van der Waals surface area contributed by atoms with Crippen molar-refractivity contribution in [2.24, 2.45) is 0 Å². The fraction of sp³-hybridized carbons (Fsp3) is 0.0476. The quantitative estimate of drug-likeness (QED) is 0.528. The lowest BCUT2D eigenvalue weighted by atomic mass is 10.1. The van der Waals surface area contributed by atoms with E-state index in [-0.39, 0.29) is 0 Å². The average molecular weight is 366 g/mol. The normalized spacial score (nSPS) is 11.2. The van der Waals surface area contributed by atoms with Crippen molar-refractivity contribution in [2.75, 3.05) is 0 Å². The highest BCUT2D eigenvalue weighted by molar-refractivity contribution is 8.78. The van der Waals surface area contributed by atoms with E-state index in [1.807, 2.05) is 12.1 Å². The lowest BCUT2D eigenvalue weighted by Gasteiger charge is -2.23. The largest absolute Gasteiger partial charge is 0.0844 e. The van der Waals surface area contributed by atoms with Crippen molar-refractivity contribution in [3.63, 3.8) is 0 Å². The van der Waals surface area contributed by atoms with E-state index in [9.17, 15) is 0 Å². The van der Waals surface area contributed by atoms with Crippen LogP contribution in [0, 0.1) is 6.92 Å². The maximum Gasteiger partial charge on any atom is 0.0659 e. The summed E-state index contributed by atoms with van der Waals surface area (Å²) < 4.78 is 0. The predicted octanol–water partition coefficient (Wildman–Crippen LogP) is 5.74. The molecular formula is C21H19PS2. The van der Waals surface area contributed by atoms with Crippen LogP contribution in [0.1, 0.15) is 11.1 Å². The molecule has 3 aromatic rings. The first kappa shape index (κ1) is 17.2. The van der Waals surface area contributed by atoms with E-state index in [4.69, 9.17) is 11.8 Å². The predicted molar refractivity (Wildman–Crippen MR) is 114 cm³/mol. The second-order valence-electron chi connectivity index (χ2n) is 5.60. The highest BCUT2D eigenvalue weighted by Gasteiger charge is 2.24. The van der Waals surface area contributed by atoms with Crippen LogP contribution in [-0.2, 0) is 11.8 Å². The van der Waals surface area contributed by atoms with Crippen LogP contribution in [0.2, 0.25) is 0 Å². The molecule has 0 atom stereocenters. The molecule has 0 nitrogen and oxygen atoms in total. The zero-order chi connectivity index (χ0) is 17.0. The van der Waals surface area contributed by atoms with E-state index in [0.717, 1.165) is 10.5 Å². The smallest absolute Gasteiger partial charge is 0.0659 e. The standard InChI is InChI=1S/C21H19PS2/c1-17-13-15-19(16-14-17)18(2)24-22(23,20-9-5-3-6-10-20)21-11-7-4-8-12-21/h3-16H,2H2,1H3. The van der Waals surface area contributed by atoms with Gasteiger partial charge in [0, 0.05) is 4.91 Å². The molecule has 0 N–H and O–H groups in total. The van der Waals surface area contributed by atoms with Crippen LogP contribution in [0.4, 0.5) is 0 Å². The Kier molecular flexibility index (Phi) is 5.40. The summed E-state index contributed by atoms with van der Waals surface area (Å²) in [5.41, 5.74) is 2.40. The fourth-order valence-corrected chi connectivity index (χ4v) is 8.79. The topological polar surface area (TPSA) is 0 Å². The summed E-state index contributed by atoms with van der Waals surface area (Å²) in [6.45, 7) is 6.41. The summed E-state index contributed by atoms with van der Waals surface area (Å²) in [4.78, 5) is 1.03. The Morgan fingerprint density at radius 1 is 0.792 bits per heavy atom. The third-order valence-electron chi connectivity index (χ3n) is 3.80. The molecule has 3 heteroatoms. The van der Waals surface area contributed by atoms with Gasteiger partial charge in [0.1, 0.15) is 0 Å². The van der Waals surface area contributed by atoms with Gasteiger partial charge in [0.2, 0.25) is 0 Å². The summed E-state index contributed by atoms with van der Waals surface area (Å²) in [5.74, 6) is 0. The van der Waals surface area contributed by atoms with E-state index in [0.29, 0.717) is 0 Å². The molecule has 0 aromatic heterocycles. The lowest BCUT2D eigenvalue weighted by Crippen LogP contribution is -2.12. The number of rotatable bonds is 5. The van der Waals surface area contributed by atoms with Gasteiger partial charge in [-0.15, -0.1) is 0 Å². The molecule has 0 aliphatic heterocycles. The Morgan fingerprint density at radius 3 is 1.71 bits per heavy atom. The first-order valence-electron chi connectivity index (χ1n) is 7.76. The Bertz CT molecular complexity index is 825. The second kappa shape index (κ2) is 7.53. The van der Waals surface area contributed by atoms with Gasteiger partial charge in [0.25, 0.3) is 0 Å². The first-order valence-corrected chi connectivity index (χ1v) is 12.0. The minimum atomic E-state index is -2.01. The van der Waals surface area contributed by atoms with E-state index < -0.39 is 5.24 Å². The first-order chi connectivity index (χ1) is 11.6. The molecular weight excluding hydrogens is 347 g/mol. The Hall–Kier alpha value is -1.60. The van der Waals surface area contributed by atoms with Crippen LogP contribution in [0.25, 0.3) is 4.91 Å². The molecule has 0 unspecified atom stereocenters. The maximum atomic E-state index is 6.25. The highest BCUT2D eigenvalue weighted by atomic mass is 32.9. The van der Waals surface area contributed by atoms with E-state index in [1.54, 1.807) is 11.4 Å². The maximum absolute atomic E-state index is 6.25. The van der Waals surface area contributed by atoms with Crippen LogP contribution in [0.3, 0.4) is 0 Å². The molecule has 3 rings (SSSR count). The zero-order valence-corrected chi connectivity index (χ0v) is 16.1. The zero-order valence-electron chi connectivity index (χ0n) is 13.6. The van der Waals surface area contributed by atoms with Gasteiger partial charge in [-0.05, 0) is 23.1 Å². The van der Waals surface area contributed by atoms with Crippen molar-refractivity contribution in [2.45, 2.75) is 6.92 Å². The number of benzene rings is 3. The molecule has 0 spiro atoms. The number of hydrogen-bond donors (Lipinski definition) is 0. The van der Waals surface area contributed by atoms with Crippen LogP contribution >= 0.6 is 16.6 Å². The van der Waals surface area contributed by atoms with Gasteiger partial charge in [-0.2, -0.15) is 0 Å². The second-order valence-corrected chi connectivity index (χ2v) is 12.9. The highest BCUT2D eigenvalue weighted by Crippen LogP contribution is 2.61. The molecule has 0 amide bonds. The molecule has 0 radical (unpaired) electrons. The molecule has 3 aromatic carbocycles. The Labute approximate surface area is 153 Å². The van der Waals surface area contributed by atoms with Gasteiger partial charge < -0.3 is 0 Å². The molecule has 0 aliphatic carbocycles. The van der Waals surface area contributed by atoms with Crippen molar-refractivity contribution in [3.8, 4) is 0 Å². The SMILES string of the molecule is C=C(SP(=S)(c1ccccc1)c1ccccc1)c1ccc(C)cc1. The summed E-state index contributed by atoms with van der Waals surface area (Å²) in [5, 5.41) is 0.418. The summed E-state index contributed by atoms with van der Waals surface area (Å²) in [6.07, 6.45) is 0. The molecule has 0 bridgehead atoms. The molecule has 0 saturated heterocycles. The molecule has 0 saturated carbocycles. The minimum Gasteiger partial charge on any atom is -0.0844 e. The van der Waals surface area contributed by atoms with Crippen LogP contribution in [0.15, 0.2) is 91.5 Å². The molecule has 120 valence electrons. The van der Waals surface area contributed by atoms with Crippen molar-refractivity contribution in [1.29, 1.82) is 0 Å². The van der Waals surface area contributed by atoms with E-state index >= 15 is 0 Å². The lowest BCUT2D eigenvalue weighted by molar-refractivity contribution is 1.46. The Balaban J connectivity index is 2.02. The monoisotopic (exact) mass is 366 g/mol. The van der Waals surface area contributed by atoms with Crippen molar-refractivity contribution < 1.29 is 0 Å². The van der Waals surface area contributed by atoms with Gasteiger partial charge in [-0.3, -0.25) is 0 Å². The van der Waals surface area contributed by atoms with Crippen LogP contribution in [-0.4, -0.2) is 0 Å². The van der Waals surface area contributed by atoms with Crippen molar-refractivity contribution in [3.05, 3.63) is 103 Å². The van der Waals surface area contributed by atoms with Gasteiger partial charge in [-0.25, -0.2) is 0 Å². The third-order valence-corrected chi connectivity index (χ3v) is 11.1. The van der Waals surface area contributed by atoms with Crippen LogP contribution < -0.4 is 10.6 Å². The van der Waals surface area contributed by atoms with Gasteiger partial charge in [-0.1, -0.05) is 120 Å². The van der Waals surface area contributed by atoms with E-state index in [2.05, 4.69) is 86.3 Å². The molecule has 0 fully saturated rings. The van der Waals surface area contributed by atoms with Crippen molar-refractivity contribution in [1.82, 2.24) is 0 Å². The third kappa shape index (κ3) is 3.72. The van der Waals surface area contributed by atoms with Crippen molar-refractivity contribution >= 4 is 43.9 Å². The van der Waals surface area contributed by atoms with Gasteiger partial charge in [0.15, 0.2) is 0 Å². The summed E-state index contributed by atoms with van der Waals surface area (Å²) in [7, 11) is 0. The fourth-order valence-electron chi connectivity index (χ4n) is 2.45. The van der Waals surface area contributed by atoms with Gasteiger partial charge in [0.05, 0.1) is 5.24 Å². The molecule has 0 heterocycles. The Morgan fingerprint density at radius 2 is 1.25 bits per heavy atom. The summed E-state index contributed by atoms with van der Waals surface area (Å²) >= 11 is 7.99. The van der Waals surface area contributed by atoms with E-state index in [1.165, 1.54) is 16.2 Å². The van der Waals surface area contributed by atoms with Gasteiger partial charge >= 0.3 is 0 Å². The van der Waals surface area contributed by atoms with Crippen LogP contribution in [0.5, 0.6) is 0 Å². The number of hydrogen-bond acceptors (Lipinski definition) is 2.